The summed E-state index contributed by atoms with van der Waals surface area (Å²) in [6, 6.07) is 17.7. The fourth-order valence-corrected chi connectivity index (χ4v) is 3.53. The number of hydrogen-bond acceptors (Lipinski definition) is 9. The van der Waals surface area contributed by atoms with Crippen LogP contribution in [0.3, 0.4) is 0 Å². The summed E-state index contributed by atoms with van der Waals surface area (Å²) in [5.41, 5.74) is 0.541. The Morgan fingerprint density at radius 3 is 2.46 bits per heavy atom. The van der Waals surface area contributed by atoms with Gasteiger partial charge < -0.3 is 10.1 Å². The molecule has 0 atom stereocenters. The molecule has 0 bridgehead atoms. The van der Waals surface area contributed by atoms with Gasteiger partial charge in [-0.3, -0.25) is 4.57 Å². The normalized spacial score (nSPS) is 10.9. The summed E-state index contributed by atoms with van der Waals surface area (Å²) in [7, 11) is 0. The second kappa shape index (κ2) is 10.2. The Morgan fingerprint density at radius 2 is 1.76 bits per heavy atom. The number of rotatable bonds is 8. The van der Waals surface area contributed by atoms with Crippen LogP contribution in [0.2, 0.25) is 0 Å². The van der Waals surface area contributed by atoms with Crippen molar-refractivity contribution in [3.05, 3.63) is 99.1 Å². The molecule has 0 saturated carbocycles. The van der Waals surface area contributed by atoms with E-state index >= 15 is 0 Å². The van der Waals surface area contributed by atoms with Crippen LogP contribution >= 0.6 is 0 Å². The molecule has 2 aromatic carbocycles. The number of tetrazole rings is 1. The van der Waals surface area contributed by atoms with E-state index in [9.17, 15) is 14.0 Å². The Hall–Kier alpha value is -5.20. The number of hydrogen-bond donors (Lipinski definition) is 2. The summed E-state index contributed by atoms with van der Waals surface area (Å²) >= 11 is 0. The van der Waals surface area contributed by atoms with E-state index in [1.54, 1.807) is 61.5 Å². The minimum absolute atomic E-state index is 0.0622. The van der Waals surface area contributed by atoms with E-state index in [2.05, 4.69) is 35.9 Å². The highest BCUT2D eigenvalue weighted by Crippen LogP contribution is 2.24. The Balaban J connectivity index is 1.38. The van der Waals surface area contributed by atoms with E-state index in [0.717, 1.165) is 4.57 Å². The predicted octanol–water partition coefficient (Wildman–Crippen LogP) is 2.72. The molecule has 3 heterocycles. The van der Waals surface area contributed by atoms with E-state index in [4.69, 9.17) is 4.74 Å². The van der Waals surface area contributed by atoms with Crippen LogP contribution in [0.1, 0.15) is 12.5 Å². The van der Waals surface area contributed by atoms with Crippen molar-refractivity contribution in [1.29, 1.82) is 0 Å². The van der Waals surface area contributed by atoms with Crippen LogP contribution in [0.5, 0.6) is 11.6 Å². The standard InChI is InChI=1S/C24H20FN9O3/c1-2-33-23(35)28-22(34(24(33)36)14-15-6-8-16(25)9-7-15)26-17-10-12-18(13-11-17)37-20-5-3-4-19(27-20)21-29-31-32-30-21/h3-13H,2,14H2,1H3,(H,26,28,35)(H,29,30,31,32). The zero-order valence-electron chi connectivity index (χ0n) is 19.5. The van der Waals surface area contributed by atoms with Crippen LogP contribution in [0.4, 0.5) is 16.0 Å². The first-order valence-electron chi connectivity index (χ1n) is 11.2. The highest BCUT2D eigenvalue weighted by Gasteiger charge is 2.14. The second-order valence-electron chi connectivity index (χ2n) is 7.81. The largest absolute Gasteiger partial charge is 0.439 e. The number of anilines is 2. The number of ether oxygens (including phenoxy) is 1. The summed E-state index contributed by atoms with van der Waals surface area (Å²) in [5.74, 6) is 0.855. The lowest BCUT2D eigenvalue weighted by molar-refractivity contribution is 0.463. The van der Waals surface area contributed by atoms with E-state index in [-0.39, 0.29) is 24.9 Å². The molecule has 0 aliphatic carbocycles. The number of aromatic amines is 1. The van der Waals surface area contributed by atoms with Gasteiger partial charge in [0.25, 0.3) is 0 Å². The Morgan fingerprint density at radius 1 is 0.973 bits per heavy atom. The molecule has 0 radical (unpaired) electrons. The van der Waals surface area contributed by atoms with E-state index < -0.39 is 11.4 Å². The molecule has 37 heavy (non-hydrogen) atoms. The molecular formula is C24H20FN9O3. The predicted molar refractivity (Wildman–Crippen MR) is 131 cm³/mol. The molecule has 0 saturated heterocycles. The lowest BCUT2D eigenvalue weighted by atomic mass is 10.2. The Kier molecular flexibility index (Phi) is 6.48. The summed E-state index contributed by atoms with van der Waals surface area (Å²) in [6.07, 6.45) is 0. The highest BCUT2D eigenvalue weighted by molar-refractivity contribution is 5.55. The summed E-state index contributed by atoms with van der Waals surface area (Å²) in [6.45, 7) is 1.95. The van der Waals surface area contributed by atoms with Crippen molar-refractivity contribution in [3.8, 4) is 23.1 Å². The van der Waals surface area contributed by atoms with E-state index in [1.807, 2.05) is 0 Å². The number of nitrogens with one attached hydrogen (secondary N) is 2. The number of nitrogens with zero attached hydrogens (tertiary/aromatic N) is 7. The van der Waals surface area contributed by atoms with Crippen molar-refractivity contribution < 1.29 is 9.13 Å². The number of halogens is 1. The Labute approximate surface area is 208 Å². The van der Waals surface area contributed by atoms with Gasteiger partial charge in [0, 0.05) is 18.3 Å². The van der Waals surface area contributed by atoms with E-state index in [1.165, 1.54) is 16.7 Å². The van der Waals surface area contributed by atoms with E-state index in [0.29, 0.717) is 34.4 Å². The molecule has 3 aromatic heterocycles. The molecule has 186 valence electrons. The molecule has 0 aliphatic rings. The van der Waals surface area contributed by atoms with Crippen LogP contribution < -0.4 is 21.4 Å². The van der Waals surface area contributed by atoms with Crippen LogP contribution in [-0.4, -0.2) is 39.7 Å². The third-order valence-electron chi connectivity index (χ3n) is 5.35. The topological polar surface area (TPSA) is 146 Å². The minimum atomic E-state index is -0.669. The zero-order chi connectivity index (χ0) is 25.8. The smallest absolute Gasteiger partial charge is 0.354 e. The first-order chi connectivity index (χ1) is 18.0. The van der Waals surface area contributed by atoms with Crippen LogP contribution in [-0.2, 0) is 13.1 Å². The molecular weight excluding hydrogens is 481 g/mol. The van der Waals surface area contributed by atoms with Crippen LogP contribution in [0, 0.1) is 5.82 Å². The second-order valence-corrected chi connectivity index (χ2v) is 7.81. The van der Waals surface area contributed by atoms with Gasteiger partial charge in [-0.25, -0.2) is 23.5 Å². The molecule has 5 rings (SSSR count). The number of pyridine rings is 1. The van der Waals surface area contributed by atoms with Crippen molar-refractivity contribution in [1.82, 2.24) is 39.7 Å². The quantitative estimate of drug-likeness (QED) is 0.328. The average Bonchev–Trinajstić information content (AvgIpc) is 3.44. The average molecular weight is 501 g/mol. The molecule has 13 heteroatoms. The molecule has 0 amide bonds. The number of aromatic nitrogens is 8. The fraction of sp³-hybridized carbons (Fsp3) is 0.125. The summed E-state index contributed by atoms with van der Waals surface area (Å²) in [5, 5.41) is 16.7. The van der Waals surface area contributed by atoms with Gasteiger partial charge in [0.1, 0.15) is 17.3 Å². The first kappa shape index (κ1) is 23.5. The molecule has 0 fully saturated rings. The zero-order valence-corrected chi connectivity index (χ0v) is 19.5. The van der Waals surface area contributed by atoms with Crippen molar-refractivity contribution in [2.45, 2.75) is 20.0 Å². The van der Waals surface area contributed by atoms with Gasteiger partial charge in [0.05, 0.1) is 6.54 Å². The molecule has 2 N–H and O–H groups in total. The number of H-pyrrole nitrogens is 1. The van der Waals surface area contributed by atoms with Gasteiger partial charge in [-0.2, -0.15) is 10.2 Å². The van der Waals surface area contributed by atoms with Crippen LogP contribution in [0.15, 0.2) is 76.3 Å². The molecule has 0 unspecified atom stereocenters. The maximum Gasteiger partial charge on any atom is 0.354 e. The third kappa shape index (κ3) is 5.24. The highest BCUT2D eigenvalue weighted by atomic mass is 19.1. The molecule has 12 nitrogen and oxygen atoms in total. The maximum atomic E-state index is 13.3. The molecule has 5 aromatic rings. The molecule has 0 spiro atoms. The fourth-order valence-electron chi connectivity index (χ4n) is 3.53. The third-order valence-corrected chi connectivity index (χ3v) is 5.35. The van der Waals surface area contributed by atoms with Gasteiger partial charge in [0.15, 0.2) is 0 Å². The van der Waals surface area contributed by atoms with Crippen molar-refractivity contribution >= 4 is 11.6 Å². The SMILES string of the molecule is CCn1c(=O)nc(Nc2ccc(Oc3cccc(-c4nn[nH]n4)n3)cc2)n(Cc2ccc(F)cc2)c1=O. The van der Waals surface area contributed by atoms with Gasteiger partial charge in [0.2, 0.25) is 17.7 Å². The van der Waals surface area contributed by atoms with Crippen molar-refractivity contribution in [2.24, 2.45) is 0 Å². The minimum Gasteiger partial charge on any atom is -0.439 e. The number of benzene rings is 2. The van der Waals surface area contributed by atoms with Gasteiger partial charge in [-0.15, -0.1) is 10.2 Å². The Bertz CT molecular complexity index is 1630. The summed E-state index contributed by atoms with van der Waals surface area (Å²) in [4.78, 5) is 33.8. The van der Waals surface area contributed by atoms with Gasteiger partial charge >= 0.3 is 11.4 Å². The summed E-state index contributed by atoms with van der Waals surface area (Å²) < 4.78 is 21.5. The van der Waals surface area contributed by atoms with Crippen molar-refractivity contribution in [2.75, 3.05) is 5.32 Å². The molecule has 0 aliphatic heterocycles. The van der Waals surface area contributed by atoms with Gasteiger partial charge in [-0.05, 0) is 60.2 Å². The van der Waals surface area contributed by atoms with Crippen LogP contribution in [0.25, 0.3) is 11.5 Å². The monoisotopic (exact) mass is 501 g/mol. The lowest BCUT2D eigenvalue weighted by Crippen LogP contribution is -2.42. The first-order valence-corrected chi connectivity index (χ1v) is 11.2. The lowest BCUT2D eigenvalue weighted by Gasteiger charge is -2.15. The van der Waals surface area contributed by atoms with Gasteiger partial charge in [-0.1, -0.05) is 18.2 Å². The van der Waals surface area contributed by atoms with Crippen molar-refractivity contribution in [3.63, 3.8) is 0 Å². The maximum absolute atomic E-state index is 13.3.